The first kappa shape index (κ1) is 28.9. The molecule has 0 rings (SSSR count). The Morgan fingerprint density at radius 2 is 0.815 bits per heavy atom. The molecule has 27 heavy (non-hydrogen) atoms. The zero-order valence-corrected chi connectivity index (χ0v) is 18.7. The van der Waals surface area contributed by atoms with E-state index in [0.717, 1.165) is 0 Å². The van der Waals surface area contributed by atoms with Crippen LogP contribution in [0.25, 0.3) is 0 Å². The van der Waals surface area contributed by atoms with Crippen molar-refractivity contribution < 1.29 is 39.1 Å². The first-order valence-corrected chi connectivity index (χ1v) is 12.4. The predicted molar refractivity (Wildman–Crippen MR) is 105 cm³/mol. The quantitative estimate of drug-likeness (QED) is 0.173. The largest absolute Gasteiger partial charge is 0.425 e. The molecule has 0 aliphatic carbocycles. The van der Waals surface area contributed by atoms with Crippen molar-refractivity contribution in [1.82, 2.24) is 0 Å². The molecule has 0 amide bonds. The molecule has 0 radical (unpaired) electrons. The summed E-state index contributed by atoms with van der Waals surface area (Å²) in [6, 6.07) is 0. The molecule has 0 aliphatic heterocycles. The van der Waals surface area contributed by atoms with Gasteiger partial charge in [-0.1, -0.05) is 62.0 Å². The molecule has 0 spiro atoms. The van der Waals surface area contributed by atoms with Gasteiger partial charge in [0.1, 0.15) is 0 Å². The number of quaternary nitrogens is 1. The average molecular weight is 437 g/mol. The van der Waals surface area contributed by atoms with Gasteiger partial charge in [0.25, 0.3) is 0 Å². The van der Waals surface area contributed by atoms with E-state index in [1.165, 1.54) is 82.0 Å². The van der Waals surface area contributed by atoms with E-state index >= 15 is 0 Å². The van der Waals surface area contributed by atoms with Crippen molar-refractivity contribution in [3.8, 4) is 0 Å². The van der Waals surface area contributed by atoms with Crippen LogP contribution < -0.4 is 0 Å². The number of hydrogen-bond donors (Lipinski definition) is 2. The minimum absolute atomic E-state index is 1.35. The summed E-state index contributed by atoms with van der Waals surface area (Å²) in [5, 5.41) is 0. The fourth-order valence-corrected chi connectivity index (χ4v) is 3.28. The lowest BCUT2D eigenvalue weighted by Crippen LogP contribution is -2.50. The molecule has 0 aromatic rings. The van der Waals surface area contributed by atoms with Crippen molar-refractivity contribution >= 4 is 20.8 Å². The van der Waals surface area contributed by atoms with Crippen LogP contribution >= 0.6 is 0 Å². The SMILES string of the molecule is CCCC[N+](CCCC)(CCCC)CCCC.O=S(=O)(O)OOS(=O)(=O)O. The summed E-state index contributed by atoms with van der Waals surface area (Å²) in [5.74, 6) is 0. The van der Waals surface area contributed by atoms with E-state index in [4.69, 9.17) is 9.11 Å². The number of unbranched alkanes of at least 4 members (excludes halogenated alkanes) is 4. The van der Waals surface area contributed by atoms with E-state index < -0.39 is 20.8 Å². The number of rotatable bonds is 15. The summed E-state index contributed by atoms with van der Waals surface area (Å²) in [4.78, 5) is 0. The Bertz CT molecular complexity index is 479. The first-order chi connectivity index (χ1) is 12.4. The lowest BCUT2D eigenvalue weighted by molar-refractivity contribution is -0.929. The van der Waals surface area contributed by atoms with Crippen LogP contribution in [0.2, 0.25) is 0 Å². The molecule has 0 atom stereocenters. The third-order valence-electron chi connectivity index (χ3n) is 4.14. The van der Waals surface area contributed by atoms with E-state index in [9.17, 15) is 16.8 Å². The Labute approximate surface area is 165 Å². The smallest absolute Gasteiger partial charge is 0.324 e. The van der Waals surface area contributed by atoms with Gasteiger partial charge in [-0.05, 0) is 25.7 Å². The molecule has 0 saturated heterocycles. The van der Waals surface area contributed by atoms with Gasteiger partial charge < -0.3 is 4.48 Å². The monoisotopic (exact) mass is 436 g/mol. The maximum atomic E-state index is 9.51. The summed E-state index contributed by atoms with van der Waals surface area (Å²) < 4.78 is 60.3. The van der Waals surface area contributed by atoms with Crippen LogP contribution in [0.5, 0.6) is 0 Å². The van der Waals surface area contributed by atoms with Gasteiger partial charge in [-0.3, -0.25) is 9.11 Å². The molecule has 2 N–H and O–H groups in total. The minimum Gasteiger partial charge on any atom is -0.324 e. The highest BCUT2D eigenvalue weighted by molar-refractivity contribution is 7.83. The summed E-state index contributed by atoms with van der Waals surface area (Å²) >= 11 is 0. The van der Waals surface area contributed by atoms with Crippen LogP contribution in [-0.4, -0.2) is 56.6 Å². The van der Waals surface area contributed by atoms with Gasteiger partial charge >= 0.3 is 20.8 Å². The normalized spacial score (nSPS) is 12.5. The molecule has 0 fully saturated rings. The second kappa shape index (κ2) is 15.6. The highest BCUT2D eigenvalue weighted by atomic mass is 32.3. The van der Waals surface area contributed by atoms with Crippen LogP contribution in [0.15, 0.2) is 0 Å². The standard InChI is InChI=1S/C16H36N.H2O8S2/c1-5-9-13-17(14-10-6-2,15-11-7-3)16-12-8-4;1-9(2,3)7-8-10(4,5)6/h5-16H2,1-4H3;(H,1,2,3)(H,4,5,6)/q+1;. The van der Waals surface area contributed by atoms with Crippen LogP contribution in [-0.2, 0) is 29.5 Å². The first-order valence-electron chi connectivity index (χ1n) is 9.63. The Balaban J connectivity index is 0. The topological polar surface area (TPSA) is 127 Å². The van der Waals surface area contributed by atoms with Gasteiger partial charge in [-0.15, -0.1) is 0 Å². The van der Waals surface area contributed by atoms with Crippen molar-refractivity contribution in [1.29, 1.82) is 0 Å². The Morgan fingerprint density at radius 3 is 0.963 bits per heavy atom. The molecule has 0 aromatic carbocycles. The van der Waals surface area contributed by atoms with E-state index in [-0.39, 0.29) is 0 Å². The summed E-state index contributed by atoms with van der Waals surface area (Å²) in [5.41, 5.74) is 0. The Kier molecular flexibility index (Phi) is 16.7. The molecule has 0 bridgehead atoms. The second-order valence-electron chi connectivity index (χ2n) is 6.64. The van der Waals surface area contributed by atoms with Gasteiger partial charge in [0.05, 0.1) is 26.2 Å². The fraction of sp³-hybridized carbons (Fsp3) is 1.00. The van der Waals surface area contributed by atoms with Gasteiger partial charge in [-0.25, -0.2) is 0 Å². The molecule has 11 heteroatoms. The van der Waals surface area contributed by atoms with Gasteiger partial charge in [0.15, 0.2) is 0 Å². The Morgan fingerprint density at radius 1 is 0.593 bits per heavy atom. The number of nitrogens with zero attached hydrogens (tertiary/aromatic N) is 1. The molecular formula is C16H38NO8S2+. The lowest BCUT2D eigenvalue weighted by Gasteiger charge is -2.39. The van der Waals surface area contributed by atoms with E-state index in [1.54, 1.807) is 0 Å². The van der Waals surface area contributed by atoms with Crippen molar-refractivity contribution in [2.45, 2.75) is 79.1 Å². The maximum Gasteiger partial charge on any atom is 0.425 e. The maximum absolute atomic E-state index is 9.51. The van der Waals surface area contributed by atoms with Crippen LogP contribution in [0.4, 0.5) is 0 Å². The highest BCUT2D eigenvalue weighted by Gasteiger charge is 2.24. The molecule has 0 aliphatic rings. The van der Waals surface area contributed by atoms with Crippen LogP contribution in [0.3, 0.4) is 0 Å². The van der Waals surface area contributed by atoms with E-state index in [2.05, 4.69) is 36.4 Å². The predicted octanol–water partition coefficient (Wildman–Crippen LogP) is 3.54. The third-order valence-corrected chi connectivity index (χ3v) is 4.71. The second-order valence-corrected chi connectivity index (χ2v) is 8.62. The van der Waals surface area contributed by atoms with E-state index in [1.807, 2.05) is 0 Å². The summed E-state index contributed by atoms with van der Waals surface area (Å²) in [6.07, 6.45) is 11.1. The van der Waals surface area contributed by atoms with Crippen molar-refractivity contribution in [3.63, 3.8) is 0 Å². The van der Waals surface area contributed by atoms with Gasteiger partial charge in [0.2, 0.25) is 0 Å². The zero-order chi connectivity index (χ0) is 21.4. The van der Waals surface area contributed by atoms with Crippen LogP contribution in [0, 0.1) is 0 Å². The molecule has 166 valence electrons. The van der Waals surface area contributed by atoms with Crippen molar-refractivity contribution in [2.75, 3.05) is 26.2 Å². The van der Waals surface area contributed by atoms with Gasteiger partial charge in [0, 0.05) is 0 Å². The minimum atomic E-state index is -5.02. The molecule has 0 saturated carbocycles. The zero-order valence-electron chi connectivity index (χ0n) is 17.1. The van der Waals surface area contributed by atoms with Crippen molar-refractivity contribution in [3.05, 3.63) is 0 Å². The fourth-order valence-electron chi connectivity index (χ4n) is 2.72. The highest BCUT2D eigenvalue weighted by Crippen LogP contribution is 2.16. The summed E-state index contributed by atoms with van der Waals surface area (Å²) in [6.45, 7) is 15.0. The van der Waals surface area contributed by atoms with E-state index in [0.29, 0.717) is 0 Å². The Hall–Kier alpha value is -0.300. The molecule has 0 aromatic heterocycles. The lowest BCUT2D eigenvalue weighted by atomic mass is 10.1. The third kappa shape index (κ3) is 20.2. The molecule has 9 nitrogen and oxygen atoms in total. The van der Waals surface area contributed by atoms with Crippen molar-refractivity contribution in [2.24, 2.45) is 0 Å². The molecular weight excluding hydrogens is 398 g/mol. The average Bonchev–Trinajstić information content (AvgIpc) is 2.58. The molecule has 0 heterocycles. The summed E-state index contributed by atoms with van der Waals surface area (Å²) in [7, 11) is -10.0. The van der Waals surface area contributed by atoms with Crippen LogP contribution in [0.1, 0.15) is 79.1 Å². The molecule has 0 unspecified atom stereocenters. The number of hydrogen-bond acceptors (Lipinski definition) is 6. The van der Waals surface area contributed by atoms with Gasteiger partial charge in [-0.2, -0.15) is 16.8 Å².